The fourth-order valence-corrected chi connectivity index (χ4v) is 1.74. The maximum Gasteiger partial charge on any atom is 0.0681 e. The topological polar surface area (TPSA) is 20.2 Å². The summed E-state index contributed by atoms with van der Waals surface area (Å²) in [6.45, 7) is 0.0816. The standard InChI is InChI=1S/C15H13ClO/c16-15-3-1-2-13(10-15)7-4-12-5-8-14(11-17)9-6-12/h1-10,17H,11H2. The normalized spacial score (nSPS) is 10.9. The molecule has 0 aliphatic carbocycles. The summed E-state index contributed by atoms with van der Waals surface area (Å²) >= 11 is 5.90. The van der Waals surface area contributed by atoms with Crippen LogP contribution in [0.1, 0.15) is 16.7 Å². The van der Waals surface area contributed by atoms with Gasteiger partial charge in [-0.2, -0.15) is 0 Å². The Kier molecular flexibility index (Phi) is 3.97. The number of aliphatic hydroxyl groups is 1. The van der Waals surface area contributed by atoms with Crippen LogP contribution in [-0.2, 0) is 6.61 Å². The molecule has 17 heavy (non-hydrogen) atoms. The predicted molar refractivity (Wildman–Crippen MR) is 72.7 cm³/mol. The number of rotatable bonds is 3. The number of halogens is 1. The molecule has 2 aromatic carbocycles. The molecule has 0 amide bonds. The summed E-state index contributed by atoms with van der Waals surface area (Å²) in [5.74, 6) is 0. The van der Waals surface area contributed by atoms with E-state index in [1.54, 1.807) is 0 Å². The van der Waals surface area contributed by atoms with Gasteiger partial charge in [0, 0.05) is 5.02 Å². The molecule has 86 valence electrons. The van der Waals surface area contributed by atoms with Crippen LogP contribution in [-0.4, -0.2) is 5.11 Å². The van der Waals surface area contributed by atoms with Crippen LogP contribution in [0.25, 0.3) is 12.2 Å². The lowest BCUT2D eigenvalue weighted by Gasteiger charge is -1.97. The molecule has 1 nitrogen and oxygen atoms in total. The third kappa shape index (κ3) is 3.45. The molecule has 0 aliphatic rings. The Morgan fingerprint density at radius 2 is 1.65 bits per heavy atom. The highest BCUT2D eigenvalue weighted by Gasteiger charge is 1.91. The number of benzene rings is 2. The van der Waals surface area contributed by atoms with Crippen LogP contribution in [0.5, 0.6) is 0 Å². The first kappa shape index (κ1) is 11.9. The minimum Gasteiger partial charge on any atom is -0.392 e. The summed E-state index contributed by atoms with van der Waals surface area (Å²) in [6, 6.07) is 15.5. The van der Waals surface area contributed by atoms with Gasteiger partial charge in [0.25, 0.3) is 0 Å². The van der Waals surface area contributed by atoms with Crippen LogP contribution < -0.4 is 0 Å². The molecule has 2 rings (SSSR count). The molecule has 0 bridgehead atoms. The van der Waals surface area contributed by atoms with E-state index in [0.717, 1.165) is 21.7 Å². The second kappa shape index (κ2) is 5.67. The fourth-order valence-electron chi connectivity index (χ4n) is 1.54. The van der Waals surface area contributed by atoms with Gasteiger partial charge < -0.3 is 5.11 Å². The average molecular weight is 245 g/mol. The summed E-state index contributed by atoms with van der Waals surface area (Å²) < 4.78 is 0. The highest BCUT2D eigenvalue weighted by atomic mass is 35.5. The van der Waals surface area contributed by atoms with Crippen LogP contribution in [0, 0.1) is 0 Å². The first-order valence-corrected chi connectivity index (χ1v) is 5.79. The van der Waals surface area contributed by atoms with E-state index in [1.807, 2.05) is 60.7 Å². The minimum absolute atomic E-state index is 0.0816. The molecule has 2 heteroatoms. The molecule has 0 unspecified atom stereocenters. The van der Waals surface area contributed by atoms with Crippen molar-refractivity contribution in [1.82, 2.24) is 0 Å². The molecule has 0 spiro atoms. The molecule has 0 aromatic heterocycles. The van der Waals surface area contributed by atoms with E-state index in [4.69, 9.17) is 16.7 Å². The maximum atomic E-state index is 8.93. The Morgan fingerprint density at radius 1 is 0.941 bits per heavy atom. The smallest absolute Gasteiger partial charge is 0.0681 e. The summed E-state index contributed by atoms with van der Waals surface area (Å²) in [6.07, 6.45) is 4.03. The van der Waals surface area contributed by atoms with E-state index in [1.165, 1.54) is 0 Å². The largest absolute Gasteiger partial charge is 0.392 e. The van der Waals surface area contributed by atoms with Crippen molar-refractivity contribution in [3.63, 3.8) is 0 Å². The molecule has 2 aromatic rings. The highest BCUT2D eigenvalue weighted by molar-refractivity contribution is 6.30. The van der Waals surface area contributed by atoms with Gasteiger partial charge in [0.15, 0.2) is 0 Å². The van der Waals surface area contributed by atoms with Crippen LogP contribution in [0.3, 0.4) is 0 Å². The molecule has 0 atom stereocenters. The molecule has 0 radical (unpaired) electrons. The Balaban J connectivity index is 2.14. The van der Waals surface area contributed by atoms with E-state index < -0.39 is 0 Å². The summed E-state index contributed by atoms with van der Waals surface area (Å²) in [5, 5.41) is 9.67. The fraction of sp³-hybridized carbons (Fsp3) is 0.0667. The monoisotopic (exact) mass is 244 g/mol. The molecule has 0 saturated heterocycles. The second-order valence-corrected chi connectivity index (χ2v) is 4.22. The lowest BCUT2D eigenvalue weighted by molar-refractivity contribution is 0.282. The van der Waals surface area contributed by atoms with Gasteiger partial charge in [0.05, 0.1) is 6.61 Å². The second-order valence-electron chi connectivity index (χ2n) is 3.79. The lowest BCUT2D eigenvalue weighted by Crippen LogP contribution is -1.81. The van der Waals surface area contributed by atoms with E-state index in [9.17, 15) is 0 Å². The summed E-state index contributed by atoms with van der Waals surface area (Å²) in [7, 11) is 0. The molecule has 0 heterocycles. The molecule has 0 saturated carbocycles. The van der Waals surface area contributed by atoms with Crippen molar-refractivity contribution in [2.45, 2.75) is 6.61 Å². The first-order valence-electron chi connectivity index (χ1n) is 5.41. The van der Waals surface area contributed by atoms with Gasteiger partial charge in [-0.05, 0) is 28.8 Å². The third-order valence-electron chi connectivity index (χ3n) is 2.48. The van der Waals surface area contributed by atoms with Gasteiger partial charge in [0.2, 0.25) is 0 Å². The van der Waals surface area contributed by atoms with Crippen molar-refractivity contribution in [2.75, 3.05) is 0 Å². The third-order valence-corrected chi connectivity index (χ3v) is 2.71. The summed E-state index contributed by atoms with van der Waals surface area (Å²) in [5.41, 5.74) is 3.09. The summed E-state index contributed by atoms with van der Waals surface area (Å²) in [4.78, 5) is 0. The Bertz CT molecular complexity index is 515. The minimum atomic E-state index is 0.0816. The van der Waals surface area contributed by atoms with Crippen molar-refractivity contribution >= 4 is 23.8 Å². The zero-order valence-corrected chi connectivity index (χ0v) is 10.1. The zero-order valence-electron chi connectivity index (χ0n) is 9.31. The van der Waals surface area contributed by atoms with Gasteiger partial charge in [0.1, 0.15) is 0 Å². The van der Waals surface area contributed by atoms with Crippen molar-refractivity contribution in [3.05, 3.63) is 70.2 Å². The van der Waals surface area contributed by atoms with Gasteiger partial charge in [-0.15, -0.1) is 0 Å². The van der Waals surface area contributed by atoms with Crippen molar-refractivity contribution in [2.24, 2.45) is 0 Å². The Labute approximate surface area is 106 Å². The number of aliphatic hydroxyl groups excluding tert-OH is 1. The van der Waals surface area contributed by atoms with E-state index in [2.05, 4.69) is 0 Å². The van der Waals surface area contributed by atoms with Crippen molar-refractivity contribution in [1.29, 1.82) is 0 Å². The van der Waals surface area contributed by atoms with Gasteiger partial charge in [-0.1, -0.05) is 60.2 Å². The van der Waals surface area contributed by atoms with E-state index in [0.29, 0.717) is 0 Å². The van der Waals surface area contributed by atoms with Crippen molar-refractivity contribution < 1.29 is 5.11 Å². The Hall–Kier alpha value is -1.57. The molecule has 0 fully saturated rings. The van der Waals surface area contributed by atoms with Crippen LogP contribution in [0.2, 0.25) is 5.02 Å². The number of hydrogen-bond acceptors (Lipinski definition) is 1. The lowest BCUT2D eigenvalue weighted by atomic mass is 10.1. The molecule has 0 aliphatic heterocycles. The van der Waals surface area contributed by atoms with Crippen LogP contribution in [0.4, 0.5) is 0 Å². The maximum absolute atomic E-state index is 8.93. The molecular formula is C15H13ClO. The van der Waals surface area contributed by atoms with Crippen LogP contribution >= 0.6 is 11.6 Å². The van der Waals surface area contributed by atoms with Gasteiger partial charge in [-0.25, -0.2) is 0 Å². The highest BCUT2D eigenvalue weighted by Crippen LogP contribution is 2.14. The SMILES string of the molecule is OCc1ccc(C=Cc2cccc(Cl)c2)cc1. The van der Waals surface area contributed by atoms with E-state index >= 15 is 0 Å². The number of hydrogen-bond donors (Lipinski definition) is 1. The zero-order chi connectivity index (χ0) is 12.1. The average Bonchev–Trinajstić information content (AvgIpc) is 2.37. The van der Waals surface area contributed by atoms with Crippen molar-refractivity contribution in [3.8, 4) is 0 Å². The van der Waals surface area contributed by atoms with Gasteiger partial charge >= 0.3 is 0 Å². The Morgan fingerprint density at radius 3 is 2.29 bits per heavy atom. The quantitative estimate of drug-likeness (QED) is 0.809. The molecular weight excluding hydrogens is 232 g/mol. The molecule has 1 N–H and O–H groups in total. The van der Waals surface area contributed by atoms with Gasteiger partial charge in [-0.3, -0.25) is 0 Å². The first-order chi connectivity index (χ1) is 8.28. The predicted octanol–water partition coefficient (Wildman–Crippen LogP) is 4.00. The van der Waals surface area contributed by atoms with Crippen LogP contribution in [0.15, 0.2) is 48.5 Å². The van der Waals surface area contributed by atoms with E-state index in [-0.39, 0.29) is 6.61 Å².